The van der Waals surface area contributed by atoms with Gasteiger partial charge in [-0.25, -0.2) is 4.98 Å². The van der Waals surface area contributed by atoms with Crippen LogP contribution in [0.3, 0.4) is 0 Å². The summed E-state index contributed by atoms with van der Waals surface area (Å²) in [5, 5.41) is 0.616. The second kappa shape index (κ2) is 6.57. The van der Waals surface area contributed by atoms with Crippen LogP contribution < -0.4 is 10.3 Å². The number of aromatic nitrogens is 2. The van der Waals surface area contributed by atoms with Gasteiger partial charge in [-0.2, -0.15) is 0 Å². The zero-order valence-corrected chi connectivity index (χ0v) is 14.1. The average molecular weight is 351 g/mol. The number of rotatable bonds is 3. The van der Waals surface area contributed by atoms with Crippen LogP contribution in [0.1, 0.15) is 6.42 Å². The Morgan fingerprint density at radius 1 is 1.08 bits per heavy atom. The molecule has 124 valence electrons. The van der Waals surface area contributed by atoms with Crippen LogP contribution in [0.2, 0.25) is 5.02 Å². The highest BCUT2D eigenvalue weighted by atomic mass is 35.5. The summed E-state index contributed by atoms with van der Waals surface area (Å²) in [4.78, 5) is 17.5. The molecular formula is C20H15ClN2O2. The van der Waals surface area contributed by atoms with E-state index in [1.54, 1.807) is 16.7 Å². The third-order valence-corrected chi connectivity index (χ3v) is 4.27. The average Bonchev–Trinajstić information content (AvgIpc) is 2.64. The number of benzene rings is 2. The molecule has 1 aliphatic carbocycles. The van der Waals surface area contributed by atoms with E-state index in [0.717, 1.165) is 11.2 Å². The van der Waals surface area contributed by atoms with E-state index < -0.39 is 0 Å². The van der Waals surface area contributed by atoms with Crippen molar-refractivity contribution >= 4 is 22.6 Å². The molecule has 0 radical (unpaired) electrons. The van der Waals surface area contributed by atoms with E-state index in [2.05, 4.69) is 4.98 Å². The molecule has 2 aromatic carbocycles. The molecule has 0 saturated heterocycles. The highest BCUT2D eigenvalue weighted by molar-refractivity contribution is 6.30. The van der Waals surface area contributed by atoms with Gasteiger partial charge >= 0.3 is 5.56 Å². The Bertz CT molecular complexity index is 1040. The molecule has 0 fully saturated rings. The number of ether oxygens (including phenoxy) is 1. The van der Waals surface area contributed by atoms with E-state index in [1.807, 2.05) is 60.7 Å². The van der Waals surface area contributed by atoms with E-state index >= 15 is 0 Å². The number of fused-ring (bicyclic) bond motifs is 1. The molecule has 3 aromatic rings. The SMILES string of the molecule is O=c1c(OC2C=CC=CC2)nc2ccccc2n1-c1ccc(Cl)cc1. The summed E-state index contributed by atoms with van der Waals surface area (Å²) < 4.78 is 7.48. The minimum atomic E-state index is -0.288. The monoisotopic (exact) mass is 350 g/mol. The van der Waals surface area contributed by atoms with Gasteiger partial charge in [-0.3, -0.25) is 9.36 Å². The van der Waals surface area contributed by atoms with E-state index in [4.69, 9.17) is 16.3 Å². The first-order chi connectivity index (χ1) is 12.2. The van der Waals surface area contributed by atoms with E-state index in [9.17, 15) is 4.79 Å². The number of para-hydroxylation sites is 2. The molecule has 0 bridgehead atoms. The fourth-order valence-corrected chi connectivity index (χ4v) is 2.95. The summed E-state index contributed by atoms with van der Waals surface area (Å²) in [6.45, 7) is 0. The number of hydrogen-bond donors (Lipinski definition) is 0. The van der Waals surface area contributed by atoms with Gasteiger partial charge in [0.05, 0.1) is 11.0 Å². The smallest absolute Gasteiger partial charge is 0.318 e. The van der Waals surface area contributed by atoms with Crippen LogP contribution in [0.15, 0.2) is 77.6 Å². The first kappa shape index (κ1) is 15.7. The molecule has 1 aromatic heterocycles. The molecule has 1 atom stereocenters. The topological polar surface area (TPSA) is 44.1 Å². The molecule has 0 aliphatic heterocycles. The van der Waals surface area contributed by atoms with Crippen molar-refractivity contribution < 1.29 is 4.74 Å². The summed E-state index contributed by atoms with van der Waals surface area (Å²) in [6.07, 6.45) is 8.31. The highest BCUT2D eigenvalue weighted by Gasteiger charge is 2.16. The lowest BCUT2D eigenvalue weighted by molar-refractivity contribution is 0.238. The predicted octanol–water partition coefficient (Wildman–Crippen LogP) is 4.30. The summed E-state index contributed by atoms with van der Waals surface area (Å²) in [6, 6.07) is 14.6. The van der Waals surface area contributed by atoms with Crippen molar-refractivity contribution in [2.24, 2.45) is 0 Å². The second-order valence-electron chi connectivity index (χ2n) is 5.73. The van der Waals surface area contributed by atoms with E-state index in [-0.39, 0.29) is 17.5 Å². The van der Waals surface area contributed by atoms with Gasteiger partial charge < -0.3 is 4.74 Å². The van der Waals surface area contributed by atoms with Gasteiger partial charge in [0.15, 0.2) is 0 Å². The molecular weight excluding hydrogens is 336 g/mol. The fourth-order valence-electron chi connectivity index (χ4n) is 2.82. The van der Waals surface area contributed by atoms with Gasteiger partial charge in [-0.05, 0) is 42.5 Å². The van der Waals surface area contributed by atoms with Crippen molar-refractivity contribution in [3.63, 3.8) is 0 Å². The zero-order valence-electron chi connectivity index (χ0n) is 13.3. The van der Waals surface area contributed by atoms with Crippen molar-refractivity contribution in [1.29, 1.82) is 0 Å². The standard InChI is InChI=1S/C20H15ClN2O2/c21-14-10-12-15(13-11-14)23-18-9-5-4-8-17(18)22-19(20(23)24)25-16-6-2-1-3-7-16/h1-6,8-13,16H,7H2. The van der Waals surface area contributed by atoms with Crippen LogP contribution in [-0.2, 0) is 0 Å². The Kier molecular flexibility index (Phi) is 4.12. The molecule has 4 rings (SSSR count). The van der Waals surface area contributed by atoms with Crippen molar-refractivity contribution in [3.05, 3.63) is 88.2 Å². The number of nitrogens with zero attached hydrogens (tertiary/aromatic N) is 2. The molecule has 0 saturated carbocycles. The Morgan fingerprint density at radius 3 is 2.64 bits per heavy atom. The van der Waals surface area contributed by atoms with Gasteiger partial charge in [-0.1, -0.05) is 42.0 Å². The van der Waals surface area contributed by atoms with Gasteiger partial charge in [0, 0.05) is 17.1 Å². The maximum absolute atomic E-state index is 13.0. The number of hydrogen-bond acceptors (Lipinski definition) is 3. The van der Waals surface area contributed by atoms with Crippen molar-refractivity contribution in [1.82, 2.24) is 9.55 Å². The largest absolute Gasteiger partial charge is 0.466 e. The van der Waals surface area contributed by atoms with Gasteiger partial charge in [-0.15, -0.1) is 0 Å². The highest BCUT2D eigenvalue weighted by Crippen LogP contribution is 2.20. The molecule has 1 unspecified atom stereocenters. The molecule has 25 heavy (non-hydrogen) atoms. The second-order valence-corrected chi connectivity index (χ2v) is 6.16. The Hall–Kier alpha value is -2.85. The van der Waals surface area contributed by atoms with Crippen LogP contribution in [-0.4, -0.2) is 15.7 Å². The Morgan fingerprint density at radius 2 is 1.88 bits per heavy atom. The lowest BCUT2D eigenvalue weighted by atomic mass is 10.1. The number of halogens is 1. The summed E-state index contributed by atoms with van der Waals surface area (Å²) in [5.41, 5.74) is 1.85. The maximum Gasteiger partial charge on any atom is 0.318 e. The molecule has 4 nitrogen and oxygen atoms in total. The van der Waals surface area contributed by atoms with Crippen LogP contribution in [0.4, 0.5) is 0 Å². The van der Waals surface area contributed by atoms with E-state index in [1.165, 1.54) is 0 Å². The fraction of sp³-hybridized carbons (Fsp3) is 0.100. The zero-order chi connectivity index (χ0) is 17.2. The van der Waals surface area contributed by atoms with Gasteiger partial charge in [0.25, 0.3) is 5.88 Å². The van der Waals surface area contributed by atoms with Crippen molar-refractivity contribution in [3.8, 4) is 11.6 Å². The minimum absolute atomic E-state index is 0.0959. The molecule has 0 N–H and O–H groups in total. The normalized spacial score (nSPS) is 16.3. The molecule has 0 amide bonds. The lowest BCUT2D eigenvalue weighted by Gasteiger charge is -2.17. The summed E-state index contributed by atoms with van der Waals surface area (Å²) in [7, 11) is 0. The first-order valence-electron chi connectivity index (χ1n) is 8.00. The van der Waals surface area contributed by atoms with Crippen molar-refractivity contribution in [2.75, 3.05) is 0 Å². The number of allylic oxidation sites excluding steroid dienone is 2. The summed E-state index contributed by atoms with van der Waals surface area (Å²) in [5.74, 6) is 0.0959. The van der Waals surface area contributed by atoms with Gasteiger partial charge in [0.2, 0.25) is 0 Å². The van der Waals surface area contributed by atoms with Crippen LogP contribution >= 0.6 is 11.6 Å². The quantitative estimate of drug-likeness (QED) is 0.707. The molecule has 1 aliphatic rings. The molecule has 0 spiro atoms. The summed E-state index contributed by atoms with van der Waals surface area (Å²) >= 11 is 5.98. The molecule has 1 heterocycles. The van der Waals surface area contributed by atoms with Crippen LogP contribution in [0, 0.1) is 0 Å². The maximum atomic E-state index is 13.0. The third kappa shape index (κ3) is 3.08. The van der Waals surface area contributed by atoms with Gasteiger partial charge in [0.1, 0.15) is 6.10 Å². The molecule has 5 heteroatoms. The Balaban J connectivity index is 1.89. The Labute approximate surface area is 149 Å². The first-order valence-corrected chi connectivity index (χ1v) is 8.38. The van der Waals surface area contributed by atoms with Crippen LogP contribution in [0.25, 0.3) is 16.7 Å². The van der Waals surface area contributed by atoms with Crippen molar-refractivity contribution in [2.45, 2.75) is 12.5 Å². The third-order valence-electron chi connectivity index (χ3n) is 4.02. The minimum Gasteiger partial charge on any atom is -0.466 e. The predicted molar refractivity (Wildman–Crippen MR) is 99.7 cm³/mol. The van der Waals surface area contributed by atoms with E-state index in [0.29, 0.717) is 17.0 Å². The van der Waals surface area contributed by atoms with Crippen LogP contribution in [0.5, 0.6) is 5.88 Å². The lowest BCUT2D eigenvalue weighted by Crippen LogP contribution is -2.26.